The van der Waals surface area contributed by atoms with Gasteiger partial charge in [0.1, 0.15) is 36.0 Å². The molecule has 2 aliphatic heterocycles. The molecule has 0 aromatic rings. The summed E-state index contributed by atoms with van der Waals surface area (Å²) in [4.78, 5) is 19.8. The summed E-state index contributed by atoms with van der Waals surface area (Å²) in [7, 11) is 0. The predicted octanol–water partition coefficient (Wildman–Crippen LogP) is 0.275. The predicted molar refractivity (Wildman–Crippen MR) is 98.0 cm³/mol. The minimum absolute atomic E-state index is 0.0956. The van der Waals surface area contributed by atoms with Gasteiger partial charge in [0.25, 0.3) is 0 Å². The number of alkyl halides is 1. The summed E-state index contributed by atoms with van der Waals surface area (Å²) in [5, 5.41) is 13.9. The molecule has 0 saturated carbocycles. The third-order valence-electron chi connectivity index (χ3n) is 4.56. The van der Waals surface area contributed by atoms with Crippen LogP contribution < -0.4 is 11.5 Å². The van der Waals surface area contributed by atoms with Gasteiger partial charge in [-0.25, -0.2) is 9.38 Å². The summed E-state index contributed by atoms with van der Waals surface area (Å²) in [6.07, 6.45) is -2.23. The number of amidine groups is 1. The second kappa shape index (κ2) is 8.57. The number of aliphatic hydroxyl groups excluding tert-OH is 1. The maximum atomic E-state index is 14.9. The number of carbonyl (C=O) groups excluding carboxylic acids is 1. The van der Waals surface area contributed by atoms with Gasteiger partial charge < -0.3 is 30.9 Å². The quantitative estimate of drug-likeness (QED) is 0.239. The molecule has 1 unspecified atom stereocenters. The van der Waals surface area contributed by atoms with Crippen molar-refractivity contribution in [1.29, 1.82) is 0 Å². The molecule has 11 nitrogen and oxygen atoms in total. The molecule has 0 amide bonds. The first-order chi connectivity index (χ1) is 13.1. The molecule has 0 aromatic heterocycles. The van der Waals surface area contributed by atoms with Gasteiger partial charge in [0.2, 0.25) is 0 Å². The van der Waals surface area contributed by atoms with E-state index in [2.05, 4.69) is 21.6 Å². The fourth-order valence-electron chi connectivity index (χ4n) is 2.76. The highest BCUT2D eigenvalue weighted by atomic mass is 19.1. The minimum atomic E-state index is -1.94. The zero-order chi connectivity index (χ0) is 21.1. The van der Waals surface area contributed by atoms with Crippen molar-refractivity contribution >= 4 is 11.8 Å². The number of aliphatic imine (C=N–C) groups is 1. The Hall–Kier alpha value is -2.66. The van der Waals surface area contributed by atoms with Gasteiger partial charge in [0.15, 0.2) is 12.4 Å². The summed E-state index contributed by atoms with van der Waals surface area (Å²) in [6.45, 7) is 6.11. The van der Waals surface area contributed by atoms with Gasteiger partial charge in [0, 0.05) is 11.1 Å². The Kier molecular flexibility index (Phi) is 6.62. The molecule has 2 aliphatic rings. The van der Waals surface area contributed by atoms with Crippen molar-refractivity contribution in [2.24, 2.45) is 27.5 Å². The number of carbonyl (C=O) groups is 1. The van der Waals surface area contributed by atoms with E-state index in [0.717, 1.165) is 0 Å². The molecule has 5 N–H and O–H groups in total. The van der Waals surface area contributed by atoms with Crippen LogP contribution >= 0.6 is 0 Å². The molecule has 1 saturated heterocycles. The van der Waals surface area contributed by atoms with E-state index in [1.54, 1.807) is 13.8 Å². The standard InChI is InChI=1S/C16H24FN7O4/c1-8(2)12(19)15(26)27-7-16(6-21-23-20)13(25)11(17)14(28-16)24-5-4-10(18)22-9(24)3/h4-5,8,11-14,25H,3,6-7,19H2,1-2H3,(H2,18,22)/t11-,12?,13+,14-,16-/m1/s1. The molecular weight excluding hydrogens is 373 g/mol. The molecule has 0 radical (unpaired) electrons. The molecule has 2 heterocycles. The number of esters is 1. The van der Waals surface area contributed by atoms with Crippen LogP contribution in [-0.4, -0.2) is 65.1 Å². The molecule has 0 bridgehead atoms. The van der Waals surface area contributed by atoms with Crippen LogP contribution in [0.1, 0.15) is 13.8 Å². The smallest absolute Gasteiger partial charge is 0.323 e. The van der Waals surface area contributed by atoms with E-state index in [1.807, 2.05) is 0 Å². The van der Waals surface area contributed by atoms with Crippen molar-refractivity contribution in [3.8, 4) is 0 Å². The second-order valence-electron chi connectivity index (χ2n) is 6.90. The summed E-state index contributed by atoms with van der Waals surface area (Å²) < 4.78 is 25.7. The van der Waals surface area contributed by atoms with Gasteiger partial charge in [-0.05, 0) is 17.5 Å². The Balaban J connectivity index is 2.23. The third-order valence-corrected chi connectivity index (χ3v) is 4.56. The Morgan fingerprint density at radius 1 is 1.68 bits per heavy atom. The van der Waals surface area contributed by atoms with Gasteiger partial charge in [-0.3, -0.25) is 4.79 Å². The SMILES string of the molecule is C=C1N=C(N)C=CN1[C@@H]1O[C@](CN=[N+]=[N-])(COC(=O)C(N)C(C)C)[C@@H](O)[C@H]1F. The Labute approximate surface area is 161 Å². The van der Waals surface area contributed by atoms with Crippen molar-refractivity contribution in [2.45, 2.75) is 44.0 Å². The van der Waals surface area contributed by atoms with Gasteiger partial charge in [-0.1, -0.05) is 25.5 Å². The van der Waals surface area contributed by atoms with Gasteiger partial charge in [-0.15, -0.1) is 0 Å². The number of azide groups is 1. The lowest BCUT2D eigenvalue weighted by Gasteiger charge is -2.32. The number of ether oxygens (including phenoxy) is 2. The van der Waals surface area contributed by atoms with E-state index < -0.39 is 49.3 Å². The lowest BCUT2D eigenvalue weighted by atomic mass is 9.96. The highest BCUT2D eigenvalue weighted by Gasteiger charge is 2.57. The first-order valence-corrected chi connectivity index (χ1v) is 8.55. The topological polar surface area (TPSA) is 172 Å². The van der Waals surface area contributed by atoms with Crippen molar-refractivity contribution < 1.29 is 23.8 Å². The van der Waals surface area contributed by atoms with Crippen LogP contribution in [0.25, 0.3) is 10.4 Å². The fourth-order valence-corrected chi connectivity index (χ4v) is 2.76. The molecule has 28 heavy (non-hydrogen) atoms. The Morgan fingerprint density at radius 3 is 2.93 bits per heavy atom. The first kappa shape index (κ1) is 21.6. The maximum absolute atomic E-state index is 14.9. The van der Waals surface area contributed by atoms with Gasteiger partial charge in [-0.2, -0.15) is 0 Å². The normalized spacial score (nSPS) is 30.8. The first-order valence-electron chi connectivity index (χ1n) is 8.55. The lowest BCUT2D eigenvalue weighted by Crippen LogP contribution is -2.50. The highest BCUT2D eigenvalue weighted by molar-refractivity contribution is 5.92. The number of aliphatic hydroxyl groups is 1. The van der Waals surface area contributed by atoms with E-state index >= 15 is 0 Å². The van der Waals surface area contributed by atoms with E-state index in [1.165, 1.54) is 17.2 Å². The van der Waals surface area contributed by atoms with Crippen molar-refractivity contribution in [1.82, 2.24) is 4.90 Å². The average molecular weight is 397 g/mol. The summed E-state index contributed by atoms with van der Waals surface area (Å²) >= 11 is 0. The number of rotatable bonds is 7. The zero-order valence-corrected chi connectivity index (χ0v) is 15.6. The number of hydrogen-bond donors (Lipinski definition) is 3. The molecule has 2 rings (SSSR count). The third kappa shape index (κ3) is 4.25. The fraction of sp³-hybridized carbons (Fsp3) is 0.625. The second-order valence-corrected chi connectivity index (χ2v) is 6.90. The van der Waals surface area contributed by atoms with E-state index in [9.17, 15) is 14.3 Å². The van der Waals surface area contributed by atoms with Crippen LogP contribution in [0, 0.1) is 5.92 Å². The zero-order valence-electron chi connectivity index (χ0n) is 15.6. The molecule has 0 aromatic carbocycles. The van der Waals surface area contributed by atoms with Crippen LogP contribution in [0.4, 0.5) is 4.39 Å². The van der Waals surface area contributed by atoms with Crippen molar-refractivity contribution in [2.75, 3.05) is 13.2 Å². The number of nitrogens with two attached hydrogens (primary N) is 2. The van der Waals surface area contributed by atoms with Crippen LogP contribution in [0.15, 0.2) is 34.8 Å². The maximum Gasteiger partial charge on any atom is 0.323 e. The van der Waals surface area contributed by atoms with Crippen LogP contribution in [0.2, 0.25) is 0 Å². The molecule has 5 atom stereocenters. The highest BCUT2D eigenvalue weighted by Crippen LogP contribution is 2.37. The van der Waals surface area contributed by atoms with Crippen LogP contribution in [0.5, 0.6) is 0 Å². The largest absolute Gasteiger partial charge is 0.461 e. The van der Waals surface area contributed by atoms with Gasteiger partial charge >= 0.3 is 5.97 Å². The molecule has 12 heteroatoms. The van der Waals surface area contributed by atoms with Crippen molar-refractivity contribution in [3.63, 3.8) is 0 Å². The Morgan fingerprint density at radius 2 is 2.36 bits per heavy atom. The van der Waals surface area contributed by atoms with Crippen LogP contribution in [-0.2, 0) is 14.3 Å². The summed E-state index contributed by atoms with van der Waals surface area (Å²) in [5.74, 6) is -0.670. The van der Waals surface area contributed by atoms with Gasteiger partial charge in [0.05, 0.1) is 6.54 Å². The molecule has 0 aliphatic carbocycles. The summed E-state index contributed by atoms with van der Waals surface area (Å²) in [6, 6.07) is -0.908. The van der Waals surface area contributed by atoms with Crippen LogP contribution in [0.3, 0.4) is 0 Å². The Bertz CT molecular complexity index is 737. The number of nitrogens with zero attached hydrogens (tertiary/aromatic N) is 5. The van der Waals surface area contributed by atoms with Crippen molar-refractivity contribution in [3.05, 3.63) is 35.1 Å². The number of hydrogen-bond acceptors (Lipinski definition) is 9. The molecule has 1 fully saturated rings. The average Bonchev–Trinajstić information content (AvgIpc) is 2.89. The molecular formula is C16H24FN7O4. The van der Waals surface area contributed by atoms with E-state index in [0.29, 0.717) is 0 Å². The summed E-state index contributed by atoms with van der Waals surface area (Å²) in [5.41, 5.74) is 18.2. The van der Waals surface area contributed by atoms with E-state index in [4.69, 9.17) is 26.5 Å². The minimum Gasteiger partial charge on any atom is -0.461 e. The monoisotopic (exact) mass is 397 g/mol. The lowest BCUT2D eigenvalue weighted by molar-refractivity contribution is -0.167. The van der Waals surface area contributed by atoms with E-state index in [-0.39, 0.29) is 17.6 Å². The molecule has 0 spiro atoms. The number of halogens is 1. The molecule has 154 valence electrons.